The Bertz CT molecular complexity index is 914. The van der Waals surface area contributed by atoms with Crippen molar-refractivity contribution in [2.75, 3.05) is 0 Å². The number of rotatable bonds is 4. The van der Waals surface area contributed by atoms with Gasteiger partial charge in [-0.25, -0.2) is 9.48 Å². The molecule has 1 aromatic carbocycles. The number of carbonyl (C=O) groups is 2. The van der Waals surface area contributed by atoms with Crippen LogP contribution in [0.3, 0.4) is 0 Å². The van der Waals surface area contributed by atoms with Gasteiger partial charge in [-0.3, -0.25) is 9.59 Å². The molecule has 0 saturated carbocycles. The number of aromatic nitrogens is 2. The van der Waals surface area contributed by atoms with Crippen LogP contribution in [-0.2, 0) is 9.53 Å². The first-order chi connectivity index (χ1) is 12.5. The first-order valence-corrected chi connectivity index (χ1v) is 8.75. The SMILES string of the molecule is Cc1cc(=O)c(C(=O)O[C@@H](C)C(=O)NC(C)(C)C)nn1-c1ccc(Cl)cc1. The minimum Gasteiger partial charge on any atom is -0.448 e. The van der Waals surface area contributed by atoms with Gasteiger partial charge >= 0.3 is 5.97 Å². The van der Waals surface area contributed by atoms with E-state index in [0.29, 0.717) is 16.4 Å². The van der Waals surface area contributed by atoms with E-state index in [4.69, 9.17) is 16.3 Å². The first-order valence-electron chi connectivity index (χ1n) is 8.38. The van der Waals surface area contributed by atoms with Crippen LogP contribution in [0.4, 0.5) is 0 Å². The summed E-state index contributed by atoms with van der Waals surface area (Å²) in [6.07, 6.45) is -1.07. The highest BCUT2D eigenvalue weighted by molar-refractivity contribution is 6.30. The second-order valence-corrected chi connectivity index (χ2v) is 7.61. The zero-order chi connectivity index (χ0) is 20.4. The predicted octanol–water partition coefficient (Wildman–Crippen LogP) is 2.65. The van der Waals surface area contributed by atoms with Gasteiger partial charge in [-0.15, -0.1) is 0 Å². The lowest BCUT2D eigenvalue weighted by Gasteiger charge is -2.23. The van der Waals surface area contributed by atoms with E-state index in [9.17, 15) is 14.4 Å². The van der Waals surface area contributed by atoms with Crippen LogP contribution in [0.15, 0.2) is 35.1 Å². The quantitative estimate of drug-likeness (QED) is 0.809. The summed E-state index contributed by atoms with van der Waals surface area (Å²) in [6.45, 7) is 8.56. The van der Waals surface area contributed by atoms with E-state index in [1.807, 2.05) is 20.8 Å². The zero-order valence-corrected chi connectivity index (χ0v) is 16.6. The van der Waals surface area contributed by atoms with Crippen molar-refractivity contribution in [1.29, 1.82) is 0 Å². The van der Waals surface area contributed by atoms with E-state index >= 15 is 0 Å². The summed E-state index contributed by atoms with van der Waals surface area (Å²) >= 11 is 5.89. The highest BCUT2D eigenvalue weighted by Crippen LogP contribution is 2.14. The van der Waals surface area contributed by atoms with Crippen LogP contribution in [0.2, 0.25) is 5.02 Å². The normalized spacial score (nSPS) is 12.4. The summed E-state index contributed by atoms with van der Waals surface area (Å²) in [5.74, 6) is -1.42. The maximum Gasteiger partial charge on any atom is 0.363 e. The number of hydrogen-bond acceptors (Lipinski definition) is 5. The van der Waals surface area contributed by atoms with Crippen molar-refractivity contribution in [1.82, 2.24) is 15.1 Å². The molecule has 0 radical (unpaired) electrons. The molecule has 0 fully saturated rings. The Morgan fingerprint density at radius 1 is 1.22 bits per heavy atom. The van der Waals surface area contributed by atoms with Gasteiger partial charge in [-0.1, -0.05) is 11.6 Å². The fourth-order valence-corrected chi connectivity index (χ4v) is 2.40. The van der Waals surface area contributed by atoms with Crippen molar-refractivity contribution in [2.24, 2.45) is 0 Å². The van der Waals surface area contributed by atoms with Crippen molar-refractivity contribution in [3.8, 4) is 5.69 Å². The molecule has 1 amide bonds. The molecule has 2 rings (SSSR count). The predicted molar refractivity (Wildman–Crippen MR) is 102 cm³/mol. The van der Waals surface area contributed by atoms with Crippen LogP contribution in [0.1, 0.15) is 43.9 Å². The number of benzene rings is 1. The molecule has 0 aliphatic rings. The summed E-state index contributed by atoms with van der Waals surface area (Å²) in [5.41, 5.74) is -0.278. The Hall–Kier alpha value is -2.67. The largest absolute Gasteiger partial charge is 0.448 e. The average Bonchev–Trinajstić information content (AvgIpc) is 2.54. The highest BCUT2D eigenvalue weighted by Gasteiger charge is 2.25. The second kappa shape index (κ2) is 7.92. The fraction of sp³-hybridized carbons (Fsp3) is 0.368. The number of hydrogen-bond donors (Lipinski definition) is 1. The smallest absolute Gasteiger partial charge is 0.363 e. The summed E-state index contributed by atoms with van der Waals surface area (Å²) in [7, 11) is 0. The van der Waals surface area contributed by atoms with E-state index < -0.39 is 34.6 Å². The van der Waals surface area contributed by atoms with Gasteiger partial charge in [-0.2, -0.15) is 5.10 Å². The van der Waals surface area contributed by atoms with Gasteiger partial charge in [0, 0.05) is 22.3 Å². The van der Waals surface area contributed by atoms with Crippen molar-refractivity contribution in [3.05, 3.63) is 57.0 Å². The summed E-state index contributed by atoms with van der Waals surface area (Å²) in [4.78, 5) is 36.7. The van der Waals surface area contributed by atoms with E-state index in [-0.39, 0.29) is 0 Å². The second-order valence-electron chi connectivity index (χ2n) is 7.17. The van der Waals surface area contributed by atoms with Crippen LogP contribution in [0, 0.1) is 6.92 Å². The van der Waals surface area contributed by atoms with Crippen LogP contribution < -0.4 is 10.7 Å². The minimum absolute atomic E-state index is 0.397. The maximum absolute atomic E-state index is 12.4. The standard InChI is InChI=1S/C19H22ClN3O4/c1-11-10-15(24)16(22-23(11)14-8-6-13(20)7-9-14)18(26)27-12(2)17(25)21-19(3,4)5/h6-10,12H,1-5H3,(H,21,25)/t12-/m0/s1. The fourth-order valence-electron chi connectivity index (χ4n) is 2.27. The first kappa shape index (κ1) is 20.6. The third-order valence-electron chi connectivity index (χ3n) is 3.52. The van der Waals surface area contributed by atoms with Crippen molar-refractivity contribution >= 4 is 23.5 Å². The molecule has 0 bridgehead atoms. The number of aryl methyl sites for hydroxylation is 1. The van der Waals surface area contributed by atoms with Gasteiger partial charge in [0.15, 0.2) is 6.10 Å². The molecule has 0 spiro atoms. The van der Waals surface area contributed by atoms with Gasteiger partial charge in [0.05, 0.1) is 5.69 Å². The molecule has 7 nitrogen and oxygen atoms in total. The van der Waals surface area contributed by atoms with Crippen LogP contribution >= 0.6 is 11.6 Å². The van der Waals surface area contributed by atoms with Crippen molar-refractivity contribution in [3.63, 3.8) is 0 Å². The van der Waals surface area contributed by atoms with Crippen molar-refractivity contribution < 1.29 is 14.3 Å². The molecule has 1 atom stereocenters. The van der Waals surface area contributed by atoms with Gasteiger partial charge < -0.3 is 10.1 Å². The molecule has 27 heavy (non-hydrogen) atoms. The molecular weight excluding hydrogens is 370 g/mol. The number of nitrogens with zero attached hydrogens (tertiary/aromatic N) is 2. The molecular formula is C19H22ClN3O4. The Kier molecular flexibility index (Phi) is 6.05. The van der Waals surface area contributed by atoms with E-state index in [2.05, 4.69) is 10.4 Å². The third-order valence-corrected chi connectivity index (χ3v) is 3.78. The molecule has 8 heteroatoms. The lowest BCUT2D eigenvalue weighted by Crippen LogP contribution is -2.46. The number of halogens is 1. The maximum atomic E-state index is 12.4. The molecule has 1 heterocycles. The monoisotopic (exact) mass is 391 g/mol. The molecule has 0 aliphatic carbocycles. The van der Waals surface area contributed by atoms with Crippen LogP contribution in [0.25, 0.3) is 5.69 Å². The number of carbonyl (C=O) groups excluding carboxylic acids is 2. The Balaban J connectivity index is 2.28. The molecule has 0 unspecified atom stereocenters. The van der Waals surface area contributed by atoms with Crippen molar-refractivity contribution in [2.45, 2.75) is 46.3 Å². The summed E-state index contributed by atoms with van der Waals surface area (Å²) in [6, 6.07) is 8.06. The van der Waals surface area contributed by atoms with Crippen LogP contribution in [-0.4, -0.2) is 33.3 Å². The molecule has 1 N–H and O–H groups in total. The molecule has 0 saturated heterocycles. The van der Waals surface area contributed by atoms with E-state index in [0.717, 1.165) is 0 Å². The lowest BCUT2D eigenvalue weighted by molar-refractivity contribution is -0.130. The Labute approximate surface area is 162 Å². The van der Waals surface area contributed by atoms with Gasteiger partial charge in [-0.05, 0) is 58.9 Å². The number of ether oxygens (including phenoxy) is 1. The van der Waals surface area contributed by atoms with Gasteiger partial charge in [0.1, 0.15) is 0 Å². The summed E-state index contributed by atoms with van der Waals surface area (Å²) < 4.78 is 6.57. The minimum atomic E-state index is -1.07. The Morgan fingerprint density at radius 3 is 2.37 bits per heavy atom. The highest BCUT2D eigenvalue weighted by atomic mass is 35.5. The summed E-state index contributed by atoms with van der Waals surface area (Å²) in [5, 5.41) is 7.37. The third kappa shape index (κ3) is 5.40. The topological polar surface area (TPSA) is 90.3 Å². The molecule has 144 valence electrons. The number of nitrogens with one attached hydrogen (secondary N) is 1. The lowest BCUT2D eigenvalue weighted by atomic mass is 10.1. The molecule has 1 aromatic heterocycles. The van der Waals surface area contributed by atoms with Gasteiger partial charge in [0.2, 0.25) is 11.1 Å². The number of amides is 1. The molecule has 0 aliphatic heterocycles. The average molecular weight is 392 g/mol. The Morgan fingerprint density at radius 2 is 1.81 bits per heavy atom. The van der Waals surface area contributed by atoms with E-state index in [1.165, 1.54) is 17.7 Å². The van der Waals surface area contributed by atoms with E-state index in [1.54, 1.807) is 31.2 Å². The zero-order valence-electron chi connectivity index (χ0n) is 15.9. The van der Waals surface area contributed by atoms with Gasteiger partial charge in [0.25, 0.3) is 5.91 Å². The van der Waals surface area contributed by atoms with Crippen LogP contribution in [0.5, 0.6) is 0 Å². The number of esters is 1. The molecule has 2 aromatic rings.